The van der Waals surface area contributed by atoms with Gasteiger partial charge in [-0.15, -0.1) is 0 Å². The van der Waals surface area contributed by atoms with Crippen molar-refractivity contribution in [2.75, 3.05) is 0 Å². The van der Waals surface area contributed by atoms with E-state index in [0.29, 0.717) is 5.69 Å². The van der Waals surface area contributed by atoms with E-state index in [0.717, 1.165) is 22.4 Å². The lowest BCUT2D eigenvalue weighted by Gasteiger charge is -2.07. The third-order valence-electron chi connectivity index (χ3n) is 2.57. The standard InChI is InChI=1S/C14H12N2O/c1-10-7-13(16-9-17)14(15-8-10)12-6-4-3-5-11(12)2/h3-8H,1-2H3. The summed E-state index contributed by atoms with van der Waals surface area (Å²) in [5, 5.41) is 0. The molecule has 0 spiro atoms. The second-order valence-corrected chi connectivity index (χ2v) is 3.90. The molecule has 0 bridgehead atoms. The Labute approximate surface area is 99.9 Å². The summed E-state index contributed by atoms with van der Waals surface area (Å²) in [6.45, 7) is 3.92. The number of pyridine rings is 1. The van der Waals surface area contributed by atoms with E-state index in [9.17, 15) is 4.79 Å². The molecule has 0 atom stereocenters. The van der Waals surface area contributed by atoms with Crippen molar-refractivity contribution in [2.24, 2.45) is 4.99 Å². The van der Waals surface area contributed by atoms with Crippen molar-refractivity contribution in [2.45, 2.75) is 13.8 Å². The van der Waals surface area contributed by atoms with Crippen LogP contribution < -0.4 is 0 Å². The fourth-order valence-electron chi connectivity index (χ4n) is 1.73. The van der Waals surface area contributed by atoms with Gasteiger partial charge >= 0.3 is 0 Å². The lowest BCUT2D eigenvalue weighted by Crippen LogP contribution is -1.88. The Kier molecular flexibility index (Phi) is 3.12. The molecule has 0 fully saturated rings. The number of aromatic nitrogens is 1. The molecule has 1 heterocycles. The molecule has 3 nitrogen and oxygen atoms in total. The Morgan fingerprint density at radius 1 is 1.24 bits per heavy atom. The highest BCUT2D eigenvalue weighted by molar-refractivity contribution is 5.76. The average molecular weight is 224 g/mol. The summed E-state index contributed by atoms with van der Waals surface area (Å²) < 4.78 is 0. The second kappa shape index (κ2) is 4.73. The molecule has 0 unspecified atom stereocenters. The topological polar surface area (TPSA) is 42.3 Å². The molecular formula is C14H12N2O. The average Bonchev–Trinajstić information content (AvgIpc) is 2.31. The molecule has 2 rings (SSSR count). The first-order valence-electron chi connectivity index (χ1n) is 5.33. The zero-order valence-electron chi connectivity index (χ0n) is 9.77. The quantitative estimate of drug-likeness (QED) is 0.580. The number of benzene rings is 1. The first-order valence-corrected chi connectivity index (χ1v) is 5.33. The number of hydrogen-bond donors (Lipinski definition) is 0. The molecule has 2 aromatic rings. The zero-order valence-corrected chi connectivity index (χ0v) is 9.77. The van der Waals surface area contributed by atoms with Crippen molar-refractivity contribution in [1.82, 2.24) is 4.98 Å². The molecule has 17 heavy (non-hydrogen) atoms. The van der Waals surface area contributed by atoms with Gasteiger partial charge in [-0.3, -0.25) is 4.98 Å². The van der Waals surface area contributed by atoms with Gasteiger partial charge in [0.15, 0.2) is 0 Å². The van der Waals surface area contributed by atoms with Crippen LogP contribution in [0, 0.1) is 13.8 Å². The van der Waals surface area contributed by atoms with Crippen LogP contribution in [-0.4, -0.2) is 11.1 Å². The Morgan fingerprint density at radius 2 is 2.00 bits per heavy atom. The maximum Gasteiger partial charge on any atom is 0.240 e. The number of aryl methyl sites for hydroxylation is 2. The molecule has 1 aromatic carbocycles. The molecule has 0 amide bonds. The lowest BCUT2D eigenvalue weighted by atomic mass is 10.0. The van der Waals surface area contributed by atoms with Crippen LogP contribution in [0.15, 0.2) is 41.5 Å². The largest absolute Gasteiger partial charge is 0.254 e. The fraction of sp³-hybridized carbons (Fsp3) is 0.143. The number of rotatable bonds is 2. The normalized spacial score (nSPS) is 9.76. The Morgan fingerprint density at radius 3 is 2.71 bits per heavy atom. The van der Waals surface area contributed by atoms with Crippen molar-refractivity contribution in [3.63, 3.8) is 0 Å². The highest BCUT2D eigenvalue weighted by Gasteiger charge is 2.08. The fourth-order valence-corrected chi connectivity index (χ4v) is 1.73. The third-order valence-corrected chi connectivity index (χ3v) is 2.57. The summed E-state index contributed by atoms with van der Waals surface area (Å²) in [5.74, 6) is 0. The lowest BCUT2D eigenvalue weighted by molar-refractivity contribution is 0.565. The minimum absolute atomic E-state index is 0.564. The molecule has 84 valence electrons. The highest BCUT2D eigenvalue weighted by atomic mass is 16.1. The summed E-state index contributed by atoms with van der Waals surface area (Å²) in [6.07, 6.45) is 3.35. The van der Waals surface area contributed by atoms with Crippen molar-refractivity contribution in [3.8, 4) is 11.3 Å². The van der Waals surface area contributed by atoms with E-state index in [1.807, 2.05) is 44.2 Å². The predicted octanol–water partition coefficient (Wildman–Crippen LogP) is 3.33. The van der Waals surface area contributed by atoms with Crippen LogP contribution in [0.2, 0.25) is 0 Å². The number of hydrogen-bond acceptors (Lipinski definition) is 3. The Bertz CT molecular complexity index is 599. The van der Waals surface area contributed by atoms with Crippen LogP contribution in [0.3, 0.4) is 0 Å². The van der Waals surface area contributed by atoms with Crippen molar-refractivity contribution >= 4 is 11.8 Å². The third kappa shape index (κ3) is 2.30. The molecule has 0 N–H and O–H groups in total. The van der Waals surface area contributed by atoms with E-state index in [2.05, 4.69) is 9.98 Å². The van der Waals surface area contributed by atoms with Gasteiger partial charge in [-0.1, -0.05) is 24.3 Å². The van der Waals surface area contributed by atoms with Gasteiger partial charge in [0, 0.05) is 11.8 Å². The zero-order chi connectivity index (χ0) is 12.3. The van der Waals surface area contributed by atoms with Crippen LogP contribution in [0.1, 0.15) is 11.1 Å². The van der Waals surface area contributed by atoms with Gasteiger partial charge in [0.1, 0.15) is 5.69 Å². The van der Waals surface area contributed by atoms with Gasteiger partial charge in [-0.25, -0.2) is 4.79 Å². The maximum absolute atomic E-state index is 10.4. The minimum atomic E-state index is 0.564. The van der Waals surface area contributed by atoms with Gasteiger partial charge in [0.05, 0.1) is 5.69 Å². The number of aliphatic imine (C=N–C) groups is 1. The molecule has 0 radical (unpaired) electrons. The maximum atomic E-state index is 10.4. The molecule has 0 aliphatic carbocycles. The van der Waals surface area contributed by atoms with Gasteiger partial charge in [0.25, 0.3) is 0 Å². The monoisotopic (exact) mass is 224 g/mol. The Hall–Kier alpha value is -2.25. The summed E-state index contributed by atoms with van der Waals surface area (Å²) in [7, 11) is 0. The van der Waals surface area contributed by atoms with Crippen LogP contribution >= 0.6 is 0 Å². The molecule has 0 aliphatic rings. The van der Waals surface area contributed by atoms with E-state index in [1.54, 1.807) is 12.3 Å². The second-order valence-electron chi connectivity index (χ2n) is 3.90. The number of isocyanates is 1. The van der Waals surface area contributed by atoms with Crippen molar-refractivity contribution < 1.29 is 4.79 Å². The minimum Gasteiger partial charge on any atom is -0.254 e. The number of nitrogens with zero attached hydrogens (tertiary/aromatic N) is 2. The molecule has 3 heteroatoms. The van der Waals surface area contributed by atoms with Gasteiger partial charge in [-0.2, -0.15) is 4.99 Å². The van der Waals surface area contributed by atoms with E-state index in [-0.39, 0.29) is 0 Å². The molecule has 0 saturated carbocycles. The van der Waals surface area contributed by atoms with Crippen molar-refractivity contribution in [1.29, 1.82) is 0 Å². The van der Waals surface area contributed by atoms with Crippen LogP contribution in [0.5, 0.6) is 0 Å². The van der Waals surface area contributed by atoms with Crippen LogP contribution in [0.4, 0.5) is 5.69 Å². The molecule has 1 aromatic heterocycles. The molecule has 0 saturated heterocycles. The highest BCUT2D eigenvalue weighted by Crippen LogP contribution is 2.30. The van der Waals surface area contributed by atoms with Gasteiger partial charge in [0.2, 0.25) is 6.08 Å². The summed E-state index contributed by atoms with van der Waals surface area (Å²) >= 11 is 0. The first kappa shape index (κ1) is 11.2. The van der Waals surface area contributed by atoms with E-state index in [1.165, 1.54) is 0 Å². The Balaban J connectivity index is 2.67. The molecule has 0 aliphatic heterocycles. The molecular weight excluding hydrogens is 212 g/mol. The van der Waals surface area contributed by atoms with Gasteiger partial charge < -0.3 is 0 Å². The number of carbonyl (C=O) groups excluding carboxylic acids is 1. The summed E-state index contributed by atoms with van der Waals surface area (Å²) in [4.78, 5) is 18.5. The SMILES string of the molecule is Cc1cnc(-c2ccccc2C)c(N=C=O)c1. The summed E-state index contributed by atoms with van der Waals surface area (Å²) in [6, 6.07) is 9.72. The predicted molar refractivity (Wildman–Crippen MR) is 66.9 cm³/mol. The van der Waals surface area contributed by atoms with Gasteiger partial charge in [-0.05, 0) is 31.0 Å². The summed E-state index contributed by atoms with van der Waals surface area (Å²) in [5.41, 5.74) is 4.34. The smallest absolute Gasteiger partial charge is 0.240 e. The van der Waals surface area contributed by atoms with E-state index < -0.39 is 0 Å². The van der Waals surface area contributed by atoms with E-state index in [4.69, 9.17) is 0 Å². The van der Waals surface area contributed by atoms with Crippen LogP contribution in [0.25, 0.3) is 11.3 Å². The van der Waals surface area contributed by atoms with E-state index >= 15 is 0 Å². The van der Waals surface area contributed by atoms with Crippen LogP contribution in [-0.2, 0) is 4.79 Å². The van der Waals surface area contributed by atoms with Crippen molar-refractivity contribution in [3.05, 3.63) is 47.7 Å². The first-order chi connectivity index (χ1) is 8.22.